The number of para-hydroxylation sites is 1. The van der Waals surface area contributed by atoms with E-state index in [2.05, 4.69) is 12.1 Å². The lowest BCUT2D eigenvalue weighted by Crippen LogP contribution is -2.26. The summed E-state index contributed by atoms with van der Waals surface area (Å²) in [5.74, 6) is 1.99. The topological polar surface area (TPSA) is 38.7 Å². The maximum absolute atomic E-state index is 9.17. The number of fused-ring (bicyclic) bond motifs is 1. The van der Waals surface area contributed by atoms with E-state index in [-0.39, 0.29) is 0 Å². The van der Waals surface area contributed by atoms with Crippen molar-refractivity contribution in [2.75, 3.05) is 19.8 Å². The van der Waals surface area contributed by atoms with Crippen molar-refractivity contribution in [3.05, 3.63) is 29.8 Å². The van der Waals surface area contributed by atoms with Crippen LogP contribution in [-0.2, 0) is 4.74 Å². The molecule has 1 aromatic rings. The Kier molecular flexibility index (Phi) is 4.58. The quantitative estimate of drug-likeness (QED) is 0.918. The van der Waals surface area contributed by atoms with Gasteiger partial charge in [-0.05, 0) is 49.7 Å². The molecule has 3 rings (SSSR count). The molecule has 1 N–H and O–H groups in total. The highest BCUT2D eigenvalue weighted by molar-refractivity contribution is 5.37. The van der Waals surface area contributed by atoms with Gasteiger partial charge < -0.3 is 14.6 Å². The largest absolute Gasteiger partial charge is 0.493 e. The molecule has 0 aromatic heterocycles. The Morgan fingerprint density at radius 2 is 1.90 bits per heavy atom. The van der Waals surface area contributed by atoms with Gasteiger partial charge >= 0.3 is 0 Å². The number of rotatable bonds is 4. The van der Waals surface area contributed by atoms with E-state index in [0.717, 1.165) is 51.1 Å². The number of aliphatic hydroxyl groups excluding tert-OH is 1. The second kappa shape index (κ2) is 6.59. The first kappa shape index (κ1) is 13.9. The van der Waals surface area contributed by atoms with E-state index in [1.165, 1.54) is 5.56 Å². The number of hydrogen-bond acceptors (Lipinski definition) is 3. The van der Waals surface area contributed by atoms with Crippen LogP contribution in [0.4, 0.5) is 0 Å². The Bertz CT molecular complexity index is 424. The molecule has 1 atom stereocenters. The summed E-state index contributed by atoms with van der Waals surface area (Å²) in [4.78, 5) is 0. The fourth-order valence-corrected chi connectivity index (χ4v) is 3.32. The lowest BCUT2D eigenvalue weighted by Gasteiger charge is -2.30. The molecular weight excluding hydrogens is 252 g/mol. The lowest BCUT2D eigenvalue weighted by atomic mass is 9.88. The van der Waals surface area contributed by atoms with Crippen LogP contribution in [0.3, 0.4) is 0 Å². The zero-order chi connectivity index (χ0) is 13.8. The van der Waals surface area contributed by atoms with E-state index in [9.17, 15) is 0 Å². The average molecular weight is 276 g/mol. The summed E-state index contributed by atoms with van der Waals surface area (Å²) >= 11 is 0. The minimum Gasteiger partial charge on any atom is -0.493 e. The summed E-state index contributed by atoms with van der Waals surface area (Å²) < 4.78 is 11.8. The van der Waals surface area contributed by atoms with Crippen LogP contribution in [-0.4, -0.2) is 31.0 Å². The summed E-state index contributed by atoms with van der Waals surface area (Å²) in [5, 5.41) is 9.17. The summed E-state index contributed by atoms with van der Waals surface area (Å²) in [7, 11) is 0. The number of ether oxygens (including phenoxy) is 2. The van der Waals surface area contributed by atoms with Gasteiger partial charge in [-0.15, -0.1) is 0 Å². The summed E-state index contributed by atoms with van der Waals surface area (Å²) in [6, 6.07) is 8.31. The van der Waals surface area contributed by atoms with Crippen LogP contribution in [0, 0.1) is 5.92 Å². The van der Waals surface area contributed by atoms with E-state index < -0.39 is 0 Å². The predicted octanol–water partition coefficient (Wildman–Crippen LogP) is 3.12. The highest BCUT2D eigenvalue weighted by Gasteiger charge is 2.25. The lowest BCUT2D eigenvalue weighted by molar-refractivity contribution is 0.000255. The van der Waals surface area contributed by atoms with Crippen molar-refractivity contribution >= 4 is 0 Å². The molecule has 1 heterocycles. The van der Waals surface area contributed by atoms with Gasteiger partial charge in [-0.1, -0.05) is 18.2 Å². The Balaban J connectivity index is 1.52. The second-order valence-electron chi connectivity index (χ2n) is 6.03. The molecule has 0 amide bonds. The second-order valence-corrected chi connectivity index (χ2v) is 6.03. The highest BCUT2D eigenvalue weighted by atomic mass is 16.5. The Labute approximate surface area is 120 Å². The molecule has 0 bridgehead atoms. The highest BCUT2D eigenvalue weighted by Crippen LogP contribution is 2.34. The number of aliphatic hydroxyl groups is 1. The van der Waals surface area contributed by atoms with Crippen molar-refractivity contribution in [3.63, 3.8) is 0 Å². The van der Waals surface area contributed by atoms with Crippen molar-refractivity contribution in [1.29, 1.82) is 0 Å². The van der Waals surface area contributed by atoms with Crippen LogP contribution in [0.1, 0.15) is 43.6 Å². The first-order valence-electron chi connectivity index (χ1n) is 7.81. The molecule has 3 nitrogen and oxygen atoms in total. The minimum absolute atomic E-state index is 0.333. The average Bonchev–Trinajstić information content (AvgIpc) is 2.53. The molecule has 1 aliphatic carbocycles. The smallest absolute Gasteiger partial charge is 0.122 e. The Hall–Kier alpha value is -1.06. The third kappa shape index (κ3) is 3.15. The van der Waals surface area contributed by atoms with Crippen molar-refractivity contribution < 1.29 is 14.6 Å². The van der Waals surface area contributed by atoms with Gasteiger partial charge in [0.15, 0.2) is 0 Å². The summed E-state index contributed by atoms with van der Waals surface area (Å²) in [6.07, 6.45) is 5.82. The SMILES string of the molecule is OCC1CCC(OCC2CCOc3ccccc32)CC1. The molecule has 2 aliphatic rings. The minimum atomic E-state index is 0.333. The van der Waals surface area contributed by atoms with Crippen LogP contribution in [0.2, 0.25) is 0 Å². The van der Waals surface area contributed by atoms with Crippen LogP contribution >= 0.6 is 0 Å². The molecule has 1 aromatic carbocycles. The van der Waals surface area contributed by atoms with Gasteiger partial charge in [0.2, 0.25) is 0 Å². The molecule has 1 fully saturated rings. The third-order valence-electron chi connectivity index (χ3n) is 4.67. The zero-order valence-electron chi connectivity index (χ0n) is 12.0. The molecule has 1 aliphatic heterocycles. The first-order valence-corrected chi connectivity index (χ1v) is 7.81. The standard InChI is InChI=1S/C17H24O3/c18-11-13-5-7-15(8-6-13)20-12-14-9-10-19-17-4-2-1-3-16(14)17/h1-4,13-15,18H,5-12H2. The van der Waals surface area contributed by atoms with Gasteiger partial charge in [-0.25, -0.2) is 0 Å². The molecule has 0 radical (unpaired) electrons. The van der Waals surface area contributed by atoms with Gasteiger partial charge in [0, 0.05) is 12.5 Å². The summed E-state index contributed by atoms with van der Waals surface area (Å²) in [5.41, 5.74) is 1.29. The Morgan fingerprint density at radius 1 is 1.10 bits per heavy atom. The van der Waals surface area contributed by atoms with E-state index in [0.29, 0.717) is 24.5 Å². The van der Waals surface area contributed by atoms with Gasteiger partial charge in [0.05, 0.1) is 19.3 Å². The Morgan fingerprint density at radius 3 is 2.70 bits per heavy atom. The van der Waals surface area contributed by atoms with Crippen LogP contribution in [0.25, 0.3) is 0 Å². The molecule has 1 saturated carbocycles. The zero-order valence-corrected chi connectivity index (χ0v) is 12.0. The number of benzene rings is 1. The fraction of sp³-hybridized carbons (Fsp3) is 0.647. The van der Waals surface area contributed by atoms with E-state index in [1.54, 1.807) is 0 Å². The van der Waals surface area contributed by atoms with Gasteiger partial charge in [-0.3, -0.25) is 0 Å². The van der Waals surface area contributed by atoms with Crippen LogP contribution < -0.4 is 4.74 Å². The molecule has 0 spiro atoms. The van der Waals surface area contributed by atoms with E-state index >= 15 is 0 Å². The first-order chi connectivity index (χ1) is 9.86. The van der Waals surface area contributed by atoms with Gasteiger partial charge in [-0.2, -0.15) is 0 Å². The van der Waals surface area contributed by atoms with Crippen molar-refractivity contribution in [1.82, 2.24) is 0 Å². The number of hydrogen-bond donors (Lipinski definition) is 1. The van der Waals surface area contributed by atoms with Gasteiger partial charge in [0.1, 0.15) is 5.75 Å². The van der Waals surface area contributed by atoms with Crippen molar-refractivity contribution in [2.24, 2.45) is 5.92 Å². The third-order valence-corrected chi connectivity index (χ3v) is 4.67. The predicted molar refractivity (Wildman–Crippen MR) is 78.1 cm³/mol. The maximum atomic E-state index is 9.17. The van der Waals surface area contributed by atoms with E-state index in [1.807, 2.05) is 12.1 Å². The van der Waals surface area contributed by atoms with Crippen LogP contribution in [0.5, 0.6) is 5.75 Å². The molecular formula is C17H24O3. The molecule has 3 heteroatoms. The van der Waals surface area contributed by atoms with Gasteiger partial charge in [0.25, 0.3) is 0 Å². The summed E-state index contributed by atoms with van der Waals surface area (Å²) in [6.45, 7) is 1.93. The molecule has 0 saturated heterocycles. The van der Waals surface area contributed by atoms with Crippen LogP contribution in [0.15, 0.2) is 24.3 Å². The molecule has 110 valence electrons. The fourth-order valence-electron chi connectivity index (χ4n) is 3.32. The monoisotopic (exact) mass is 276 g/mol. The molecule has 20 heavy (non-hydrogen) atoms. The maximum Gasteiger partial charge on any atom is 0.122 e. The van der Waals surface area contributed by atoms with Crippen molar-refractivity contribution in [3.8, 4) is 5.75 Å². The molecule has 1 unspecified atom stereocenters. The van der Waals surface area contributed by atoms with Crippen molar-refractivity contribution in [2.45, 2.75) is 44.1 Å². The normalized spacial score (nSPS) is 29.6. The van der Waals surface area contributed by atoms with E-state index in [4.69, 9.17) is 14.6 Å².